The number of likely N-dealkylation sites (N-methyl/N-ethyl adjacent to an activating group) is 2. The van der Waals surface area contributed by atoms with Gasteiger partial charge in [-0.2, -0.15) is 4.31 Å². The number of sulfonamides is 1. The monoisotopic (exact) mass is 418 g/mol. The highest BCUT2D eigenvalue weighted by molar-refractivity contribution is 7.89. The maximum atomic E-state index is 12.3. The van der Waals surface area contributed by atoms with Crippen molar-refractivity contribution in [1.29, 1.82) is 0 Å². The molecule has 0 unspecified atom stereocenters. The van der Waals surface area contributed by atoms with E-state index >= 15 is 0 Å². The van der Waals surface area contributed by atoms with Crippen LogP contribution in [0.25, 0.3) is 0 Å². The van der Waals surface area contributed by atoms with Crippen LogP contribution in [0.5, 0.6) is 0 Å². The third-order valence-electron chi connectivity index (χ3n) is 3.12. The Morgan fingerprint density at radius 3 is 2.00 bits per heavy atom. The number of carbonyl (C=O) groups excluding carboxylic acids is 3. The fraction of sp³-hybridized carbons (Fsp3) is 0.438. The van der Waals surface area contributed by atoms with E-state index in [-0.39, 0.29) is 11.3 Å². The van der Waals surface area contributed by atoms with Crippen LogP contribution < -0.4 is 27.8 Å². The van der Waals surface area contributed by atoms with E-state index in [4.69, 9.17) is 5.73 Å². The SMILES string of the molecule is CN.CN.CNC(=O)[C@H](CC(N)=O)NC(=O)CN(C)S(=O)(=O)c1ccccc1. The van der Waals surface area contributed by atoms with Gasteiger partial charge in [0.2, 0.25) is 27.7 Å². The Labute approximate surface area is 165 Å². The van der Waals surface area contributed by atoms with Gasteiger partial charge in [0.15, 0.2) is 0 Å². The average Bonchev–Trinajstić information content (AvgIpc) is 2.70. The molecule has 0 saturated heterocycles. The highest BCUT2D eigenvalue weighted by Crippen LogP contribution is 2.12. The number of amides is 3. The molecule has 0 radical (unpaired) electrons. The van der Waals surface area contributed by atoms with E-state index in [1.165, 1.54) is 40.3 Å². The lowest BCUT2D eigenvalue weighted by molar-refractivity contribution is -0.130. The van der Waals surface area contributed by atoms with E-state index < -0.39 is 40.3 Å². The molecular formula is C16H30N6O5S. The summed E-state index contributed by atoms with van der Waals surface area (Å²) < 4.78 is 25.5. The molecule has 0 saturated carbocycles. The second-order valence-corrected chi connectivity index (χ2v) is 7.02. The van der Waals surface area contributed by atoms with E-state index in [9.17, 15) is 22.8 Å². The summed E-state index contributed by atoms with van der Waals surface area (Å²) >= 11 is 0. The topological polar surface area (TPSA) is 191 Å². The summed E-state index contributed by atoms with van der Waals surface area (Å²) in [4.78, 5) is 34.6. The van der Waals surface area contributed by atoms with Crippen LogP contribution in [-0.2, 0) is 24.4 Å². The molecule has 0 spiro atoms. The molecule has 1 aromatic rings. The summed E-state index contributed by atoms with van der Waals surface area (Å²) in [5.74, 6) is -2.10. The van der Waals surface area contributed by atoms with Gasteiger partial charge in [0.05, 0.1) is 17.9 Å². The van der Waals surface area contributed by atoms with Crippen molar-refractivity contribution < 1.29 is 22.8 Å². The Balaban J connectivity index is 0. The third kappa shape index (κ3) is 9.41. The van der Waals surface area contributed by atoms with Crippen LogP contribution in [-0.4, -0.2) is 71.2 Å². The Hall–Kier alpha value is -2.54. The van der Waals surface area contributed by atoms with Crippen molar-refractivity contribution in [2.24, 2.45) is 17.2 Å². The van der Waals surface area contributed by atoms with Gasteiger partial charge >= 0.3 is 0 Å². The predicted octanol–water partition coefficient (Wildman–Crippen LogP) is -2.44. The van der Waals surface area contributed by atoms with Crippen molar-refractivity contribution in [1.82, 2.24) is 14.9 Å². The van der Waals surface area contributed by atoms with Crippen LogP contribution in [0, 0.1) is 0 Å². The number of hydrogen-bond donors (Lipinski definition) is 5. The van der Waals surface area contributed by atoms with Gasteiger partial charge in [0, 0.05) is 14.1 Å². The first-order valence-electron chi connectivity index (χ1n) is 8.14. The molecule has 0 heterocycles. The summed E-state index contributed by atoms with van der Waals surface area (Å²) in [5.41, 5.74) is 14.0. The molecule has 3 amide bonds. The van der Waals surface area contributed by atoms with Crippen molar-refractivity contribution in [2.45, 2.75) is 17.4 Å². The maximum absolute atomic E-state index is 12.3. The number of nitrogens with two attached hydrogens (primary N) is 3. The van der Waals surface area contributed by atoms with Gasteiger partial charge in [-0.3, -0.25) is 14.4 Å². The largest absolute Gasteiger partial charge is 0.370 e. The van der Waals surface area contributed by atoms with Gasteiger partial charge in [-0.05, 0) is 26.2 Å². The molecule has 0 fully saturated rings. The number of primary amides is 1. The number of carbonyl (C=O) groups is 3. The van der Waals surface area contributed by atoms with Gasteiger partial charge < -0.3 is 27.8 Å². The smallest absolute Gasteiger partial charge is 0.243 e. The van der Waals surface area contributed by atoms with Crippen molar-refractivity contribution in [3.05, 3.63) is 30.3 Å². The number of rotatable bonds is 8. The van der Waals surface area contributed by atoms with Crippen molar-refractivity contribution >= 4 is 27.7 Å². The number of hydrogen-bond acceptors (Lipinski definition) is 7. The molecule has 0 bridgehead atoms. The van der Waals surface area contributed by atoms with Crippen LogP contribution >= 0.6 is 0 Å². The molecule has 160 valence electrons. The Bertz CT molecular complexity index is 711. The first-order chi connectivity index (χ1) is 13.2. The van der Waals surface area contributed by atoms with Crippen LogP contribution in [0.3, 0.4) is 0 Å². The molecule has 1 aromatic carbocycles. The maximum Gasteiger partial charge on any atom is 0.243 e. The van der Waals surface area contributed by atoms with Gasteiger partial charge in [-0.1, -0.05) is 18.2 Å². The summed E-state index contributed by atoms with van der Waals surface area (Å²) in [7, 11) is 1.74. The zero-order valence-electron chi connectivity index (χ0n) is 16.5. The zero-order valence-corrected chi connectivity index (χ0v) is 17.3. The summed E-state index contributed by atoms with van der Waals surface area (Å²) in [5, 5.41) is 4.59. The average molecular weight is 419 g/mol. The second kappa shape index (κ2) is 14.5. The normalized spacial score (nSPS) is 11.1. The molecule has 1 rings (SSSR count). The number of nitrogens with one attached hydrogen (secondary N) is 2. The molecule has 8 N–H and O–H groups in total. The first-order valence-corrected chi connectivity index (χ1v) is 9.58. The minimum atomic E-state index is -3.84. The first kappa shape index (κ1) is 27.7. The lowest BCUT2D eigenvalue weighted by atomic mass is 10.2. The zero-order chi connectivity index (χ0) is 22.3. The molecule has 0 aromatic heterocycles. The summed E-state index contributed by atoms with van der Waals surface area (Å²) in [6, 6.07) is 6.45. The molecule has 0 aliphatic heterocycles. The Morgan fingerprint density at radius 1 is 1.07 bits per heavy atom. The van der Waals surface area contributed by atoms with E-state index in [1.54, 1.807) is 18.2 Å². The molecular weight excluding hydrogens is 388 g/mol. The third-order valence-corrected chi connectivity index (χ3v) is 4.94. The Kier molecular flexibility index (Phi) is 14.3. The van der Waals surface area contributed by atoms with E-state index in [0.29, 0.717) is 0 Å². The number of benzene rings is 1. The lowest BCUT2D eigenvalue weighted by Gasteiger charge is -2.20. The standard InChI is InChI=1S/C14H20N4O5S.2CH5N/c1-16-14(21)11(8-12(15)19)17-13(20)9-18(2)24(22,23)10-6-4-3-5-7-10;2*1-2/h3-7,11H,8-9H2,1-2H3,(H2,15,19)(H,16,21)(H,17,20);2*2H2,1H3/t11-;;/m0../s1. The van der Waals surface area contributed by atoms with Gasteiger partial charge in [-0.15, -0.1) is 0 Å². The minimum Gasteiger partial charge on any atom is -0.370 e. The van der Waals surface area contributed by atoms with Crippen LogP contribution in [0.2, 0.25) is 0 Å². The predicted molar refractivity (Wildman–Crippen MR) is 106 cm³/mol. The number of nitrogens with zero attached hydrogens (tertiary/aromatic N) is 1. The van der Waals surface area contributed by atoms with Crippen LogP contribution in [0.1, 0.15) is 6.42 Å². The van der Waals surface area contributed by atoms with Crippen LogP contribution in [0.4, 0.5) is 0 Å². The quantitative estimate of drug-likeness (QED) is 0.310. The van der Waals surface area contributed by atoms with Gasteiger partial charge in [0.1, 0.15) is 6.04 Å². The molecule has 12 heteroatoms. The fourth-order valence-electron chi connectivity index (χ4n) is 1.88. The second-order valence-electron chi connectivity index (χ2n) is 4.98. The highest BCUT2D eigenvalue weighted by Gasteiger charge is 2.26. The Morgan fingerprint density at radius 2 is 1.57 bits per heavy atom. The van der Waals surface area contributed by atoms with E-state index in [1.807, 2.05) is 0 Å². The van der Waals surface area contributed by atoms with E-state index in [2.05, 4.69) is 22.1 Å². The van der Waals surface area contributed by atoms with Crippen molar-refractivity contribution in [3.8, 4) is 0 Å². The van der Waals surface area contributed by atoms with Crippen molar-refractivity contribution in [3.63, 3.8) is 0 Å². The molecule has 28 heavy (non-hydrogen) atoms. The van der Waals surface area contributed by atoms with Gasteiger partial charge in [0.25, 0.3) is 0 Å². The highest BCUT2D eigenvalue weighted by atomic mass is 32.2. The van der Waals surface area contributed by atoms with Crippen LogP contribution in [0.15, 0.2) is 35.2 Å². The fourth-order valence-corrected chi connectivity index (χ4v) is 3.03. The molecule has 0 aliphatic rings. The summed E-state index contributed by atoms with van der Waals surface area (Å²) in [6.07, 6.45) is -0.388. The minimum absolute atomic E-state index is 0.0419. The molecule has 0 aliphatic carbocycles. The van der Waals surface area contributed by atoms with E-state index in [0.717, 1.165) is 4.31 Å². The summed E-state index contributed by atoms with van der Waals surface area (Å²) in [6.45, 7) is -0.510. The van der Waals surface area contributed by atoms with Crippen molar-refractivity contribution in [2.75, 3.05) is 34.7 Å². The lowest BCUT2D eigenvalue weighted by Crippen LogP contribution is -2.50. The molecule has 11 nitrogen and oxygen atoms in total. The van der Waals surface area contributed by atoms with Gasteiger partial charge in [-0.25, -0.2) is 8.42 Å². The molecule has 1 atom stereocenters.